The van der Waals surface area contributed by atoms with E-state index in [0.29, 0.717) is 6.42 Å². The van der Waals surface area contributed by atoms with Crippen molar-refractivity contribution in [3.63, 3.8) is 0 Å². The lowest BCUT2D eigenvalue weighted by Gasteiger charge is -2.13. The molecule has 0 aromatic heterocycles. The Morgan fingerprint density at radius 2 is 2.00 bits per heavy atom. The number of anilines is 1. The van der Waals surface area contributed by atoms with Gasteiger partial charge in [-0.25, -0.2) is 13.6 Å². The third-order valence-corrected chi connectivity index (χ3v) is 3.36. The second-order valence-corrected chi connectivity index (χ2v) is 5.46. The second-order valence-electron chi connectivity index (χ2n) is 3.93. The van der Waals surface area contributed by atoms with E-state index in [1.54, 1.807) is 6.07 Å². The molecule has 0 saturated heterocycles. The maximum absolute atomic E-state index is 11.7. The Morgan fingerprint density at radius 3 is 2.56 bits per heavy atom. The number of carbonyl (C=O) groups is 1. The Morgan fingerprint density at radius 1 is 1.39 bits per heavy atom. The first kappa shape index (κ1) is 14.6. The highest BCUT2D eigenvalue weighted by Gasteiger charge is 2.18. The number of nitrogens with one attached hydrogen (secondary N) is 1. The maximum Gasteiger partial charge on any atom is 0.241 e. The van der Waals surface area contributed by atoms with E-state index in [9.17, 15) is 13.2 Å². The molecule has 0 aliphatic carbocycles. The molecule has 5 N–H and O–H groups in total. The number of amides is 1. The van der Waals surface area contributed by atoms with Gasteiger partial charge in [0.05, 0.1) is 11.7 Å². The van der Waals surface area contributed by atoms with Crippen molar-refractivity contribution in [3.05, 3.63) is 24.3 Å². The van der Waals surface area contributed by atoms with Gasteiger partial charge >= 0.3 is 0 Å². The van der Waals surface area contributed by atoms with Crippen molar-refractivity contribution < 1.29 is 13.2 Å². The maximum atomic E-state index is 11.7. The van der Waals surface area contributed by atoms with Gasteiger partial charge in [0.15, 0.2) is 0 Å². The minimum Gasteiger partial charge on any atom is -0.324 e. The molecule has 1 amide bonds. The van der Waals surface area contributed by atoms with Crippen molar-refractivity contribution in [2.24, 2.45) is 10.9 Å². The minimum absolute atomic E-state index is 0.123. The smallest absolute Gasteiger partial charge is 0.241 e. The van der Waals surface area contributed by atoms with Crippen LogP contribution in [0.1, 0.15) is 19.8 Å². The van der Waals surface area contributed by atoms with Crippen molar-refractivity contribution in [2.75, 3.05) is 5.32 Å². The lowest BCUT2D eigenvalue weighted by atomic mass is 10.1. The molecular formula is C11H17N3O3S. The summed E-state index contributed by atoms with van der Waals surface area (Å²) in [5, 5.41) is 7.54. The van der Waals surface area contributed by atoms with E-state index in [1.807, 2.05) is 6.92 Å². The highest BCUT2D eigenvalue weighted by molar-refractivity contribution is 7.89. The van der Waals surface area contributed by atoms with E-state index in [-0.39, 0.29) is 10.6 Å². The molecule has 0 saturated carbocycles. The molecule has 1 rings (SSSR count). The van der Waals surface area contributed by atoms with Crippen LogP contribution in [-0.4, -0.2) is 20.4 Å². The SMILES string of the molecule is CCCC(N)C(=O)Nc1ccccc1S(N)(=O)=O. The first-order valence-electron chi connectivity index (χ1n) is 5.54. The van der Waals surface area contributed by atoms with Crippen LogP contribution in [-0.2, 0) is 14.8 Å². The van der Waals surface area contributed by atoms with Crippen molar-refractivity contribution in [2.45, 2.75) is 30.7 Å². The van der Waals surface area contributed by atoms with E-state index in [0.717, 1.165) is 6.42 Å². The monoisotopic (exact) mass is 271 g/mol. The van der Waals surface area contributed by atoms with Crippen LogP contribution in [0.3, 0.4) is 0 Å². The van der Waals surface area contributed by atoms with Gasteiger partial charge in [-0.1, -0.05) is 25.5 Å². The van der Waals surface area contributed by atoms with Crippen LogP contribution in [0.2, 0.25) is 0 Å². The van der Waals surface area contributed by atoms with Crippen molar-refractivity contribution in [1.29, 1.82) is 0 Å². The molecule has 0 fully saturated rings. The van der Waals surface area contributed by atoms with Gasteiger partial charge in [-0.15, -0.1) is 0 Å². The quantitative estimate of drug-likeness (QED) is 0.718. The molecule has 1 unspecified atom stereocenters. The summed E-state index contributed by atoms with van der Waals surface area (Å²) in [6, 6.07) is 5.27. The van der Waals surface area contributed by atoms with E-state index >= 15 is 0 Å². The molecule has 0 aliphatic heterocycles. The molecule has 1 aromatic carbocycles. The molecule has 7 heteroatoms. The fourth-order valence-electron chi connectivity index (χ4n) is 1.49. The molecular weight excluding hydrogens is 254 g/mol. The van der Waals surface area contributed by atoms with E-state index in [2.05, 4.69) is 5.32 Å². The van der Waals surface area contributed by atoms with Gasteiger partial charge in [0, 0.05) is 0 Å². The number of rotatable bonds is 5. The predicted octanol–water partition coefficient (Wildman–Crippen LogP) is 0.400. The number of sulfonamides is 1. The van der Waals surface area contributed by atoms with Gasteiger partial charge in [-0.3, -0.25) is 4.79 Å². The Balaban J connectivity index is 2.95. The van der Waals surface area contributed by atoms with Crippen LogP contribution in [0.25, 0.3) is 0 Å². The van der Waals surface area contributed by atoms with Crippen LogP contribution in [0, 0.1) is 0 Å². The molecule has 1 aromatic rings. The zero-order valence-electron chi connectivity index (χ0n) is 10.1. The van der Waals surface area contributed by atoms with Gasteiger partial charge in [-0.2, -0.15) is 0 Å². The Labute approximate surface area is 106 Å². The van der Waals surface area contributed by atoms with Crippen LogP contribution in [0.4, 0.5) is 5.69 Å². The number of para-hydroxylation sites is 1. The number of hydrogen-bond donors (Lipinski definition) is 3. The highest BCUT2D eigenvalue weighted by atomic mass is 32.2. The van der Waals surface area contributed by atoms with Gasteiger partial charge in [-0.05, 0) is 18.6 Å². The van der Waals surface area contributed by atoms with Gasteiger partial charge in [0.1, 0.15) is 4.90 Å². The summed E-state index contributed by atoms with van der Waals surface area (Å²) in [7, 11) is -3.87. The van der Waals surface area contributed by atoms with Crippen molar-refractivity contribution in [1.82, 2.24) is 0 Å². The Kier molecular flexibility index (Phi) is 4.83. The molecule has 0 heterocycles. The minimum atomic E-state index is -3.87. The third-order valence-electron chi connectivity index (χ3n) is 2.39. The normalized spacial score (nSPS) is 13.1. The summed E-state index contributed by atoms with van der Waals surface area (Å²) in [5.74, 6) is -0.423. The summed E-state index contributed by atoms with van der Waals surface area (Å²) in [4.78, 5) is 11.6. The zero-order valence-corrected chi connectivity index (χ0v) is 10.9. The number of nitrogens with two attached hydrogens (primary N) is 2. The fourth-order valence-corrected chi connectivity index (χ4v) is 2.18. The molecule has 0 radical (unpaired) electrons. The van der Waals surface area contributed by atoms with Gasteiger partial charge < -0.3 is 11.1 Å². The fraction of sp³-hybridized carbons (Fsp3) is 0.364. The molecule has 6 nitrogen and oxygen atoms in total. The molecule has 1 atom stereocenters. The molecule has 0 bridgehead atoms. The van der Waals surface area contributed by atoms with Crippen LogP contribution < -0.4 is 16.2 Å². The summed E-state index contributed by atoms with van der Waals surface area (Å²) in [6.45, 7) is 1.91. The largest absolute Gasteiger partial charge is 0.324 e. The average molecular weight is 271 g/mol. The molecule has 0 spiro atoms. The lowest BCUT2D eigenvalue weighted by Crippen LogP contribution is -2.35. The predicted molar refractivity (Wildman–Crippen MR) is 69.3 cm³/mol. The summed E-state index contributed by atoms with van der Waals surface area (Å²) in [6.07, 6.45) is 1.30. The molecule has 0 aliphatic rings. The summed E-state index contributed by atoms with van der Waals surface area (Å²) < 4.78 is 22.7. The highest BCUT2D eigenvalue weighted by Crippen LogP contribution is 2.19. The summed E-state index contributed by atoms with van der Waals surface area (Å²) >= 11 is 0. The van der Waals surface area contributed by atoms with Gasteiger partial charge in [0.25, 0.3) is 0 Å². The van der Waals surface area contributed by atoms with E-state index in [1.165, 1.54) is 18.2 Å². The van der Waals surface area contributed by atoms with Crippen LogP contribution >= 0.6 is 0 Å². The van der Waals surface area contributed by atoms with Crippen LogP contribution in [0.5, 0.6) is 0 Å². The third kappa shape index (κ3) is 3.80. The molecule has 100 valence electrons. The summed E-state index contributed by atoms with van der Waals surface area (Å²) in [5.41, 5.74) is 5.79. The number of carbonyl (C=O) groups excluding carboxylic acids is 1. The number of hydrogen-bond acceptors (Lipinski definition) is 4. The first-order chi connectivity index (χ1) is 8.36. The zero-order chi connectivity index (χ0) is 13.8. The van der Waals surface area contributed by atoms with Crippen LogP contribution in [0.15, 0.2) is 29.2 Å². The first-order valence-corrected chi connectivity index (χ1v) is 7.09. The number of primary sulfonamides is 1. The van der Waals surface area contributed by atoms with Crippen molar-refractivity contribution in [3.8, 4) is 0 Å². The Hall–Kier alpha value is -1.44. The number of benzene rings is 1. The van der Waals surface area contributed by atoms with Gasteiger partial charge in [0.2, 0.25) is 15.9 Å². The lowest BCUT2D eigenvalue weighted by molar-refractivity contribution is -0.117. The second kappa shape index (κ2) is 5.94. The van der Waals surface area contributed by atoms with E-state index < -0.39 is 22.0 Å². The average Bonchev–Trinajstić information content (AvgIpc) is 2.28. The van der Waals surface area contributed by atoms with Crippen molar-refractivity contribution >= 4 is 21.6 Å². The Bertz CT molecular complexity index is 528. The standard InChI is InChI=1S/C11H17N3O3S/c1-2-5-8(12)11(15)14-9-6-3-4-7-10(9)18(13,16)17/h3-4,6-8H,2,5,12H2,1H3,(H,14,15)(H2,13,16,17). The van der Waals surface area contributed by atoms with E-state index in [4.69, 9.17) is 10.9 Å². The topological polar surface area (TPSA) is 115 Å². The molecule has 18 heavy (non-hydrogen) atoms.